The number of hydrogen-bond acceptors (Lipinski definition) is 4. The highest BCUT2D eigenvalue weighted by atomic mass is 35.5. The molecule has 0 bridgehead atoms. The maximum absolute atomic E-state index is 12.3. The SMILES string of the molecule is C=CCn1c(SCC(=O)Nc2ccc(Cl)c(C)c2)nnc1-c1ccccc1. The number of carbonyl (C=O) groups is 1. The summed E-state index contributed by atoms with van der Waals surface area (Å²) in [5, 5.41) is 12.8. The first-order valence-corrected chi connectivity index (χ1v) is 9.73. The van der Waals surface area contributed by atoms with E-state index in [9.17, 15) is 4.79 Å². The summed E-state index contributed by atoms with van der Waals surface area (Å²) in [6.45, 7) is 6.27. The Balaban J connectivity index is 1.70. The lowest BCUT2D eigenvalue weighted by molar-refractivity contribution is -0.113. The number of aryl methyl sites for hydroxylation is 1. The van der Waals surface area contributed by atoms with E-state index in [-0.39, 0.29) is 11.7 Å². The fraction of sp³-hybridized carbons (Fsp3) is 0.150. The zero-order valence-electron chi connectivity index (χ0n) is 14.9. The minimum absolute atomic E-state index is 0.115. The van der Waals surface area contributed by atoms with Crippen LogP contribution < -0.4 is 5.32 Å². The third-order valence-electron chi connectivity index (χ3n) is 3.83. The summed E-state index contributed by atoms with van der Waals surface area (Å²) in [5.74, 6) is 0.869. The number of carbonyl (C=O) groups excluding carboxylic acids is 1. The number of halogens is 1. The molecule has 0 unspecified atom stereocenters. The molecule has 5 nitrogen and oxygen atoms in total. The number of allylic oxidation sites excluding steroid dienone is 1. The molecule has 3 rings (SSSR count). The molecule has 0 aliphatic rings. The maximum Gasteiger partial charge on any atom is 0.234 e. The van der Waals surface area contributed by atoms with Gasteiger partial charge in [-0.15, -0.1) is 16.8 Å². The lowest BCUT2D eigenvalue weighted by Crippen LogP contribution is -2.14. The molecule has 0 spiro atoms. The van der Waals surface area contributed by atoms with Crippen molar-refractivity contribution in [2.24, 2.45) is 0 Å². The Kier molecular flexibility index (Phi) is 6.32. The minimum Gasteiger partial charge on any atom is -0.325 e. The number of rotatable bonds is 7. The van der Waals surface area contributed by atoms with E-state index in [2.05, 4.69) is 22.1 Å². The number of hydrogen-bond donors (Lipinski definition) is 1. The van der Waals surface area contributed by atoms with Gasteiger partial charge in [-0.05, 0) is 30.7 Å². The van der Waals surface area contributed by atoms with Gasteiger partial charge >= 0.3 is 0 Å². The van der Waals surface area contributed by atoms with Gasteiger partial charge in [-0.1, -0.05) is 59.8 Å². The Hall–Kier alpha value is -2.57. The van der Waals surface area contributed by atoms with Crippen LogP contribution in [0.4, 0.5) is 5.69 Å². The fourth-order valence-corrected chi connectivity index (χ4v) is 3.40. The van der Waals surface area contributed by atoms with Gasteiger partial charge in [0.15, 0.2) is 11.0 Å². The van der Waals surface area contributed by atoms with Gasteiger partial charge in [0.05, 0.1) is 5.75 Å². The van der Waals surface area contributed by atoms with Crippen LogP contribution in [0.2, 0.25) is 5.02 Å². The molecular weight excluding hydrogens is 380 g/mol. The monoisotopic (exact) mass is 398 g/mol. The van der Waals surface area contributed by atoms with Crippen LogP contribution in [0.1, 0.15) is 5.56 Å². The molecule has 0 saturated carbocycles. The molecule has 138 valence electrons. The predicted octanol–water partition coefficient (Wildman–Crippen LogP) is 4.82. The third kappa shape index (κ3) is 4.78. The van der Waals surface area contributed by atoms with Crippen LogP contribution in [0, 0.1) is 6.92 Å². The van der Waals surface area contributed by atoms with Crippen molar-refractivity contribution in [3.05, 3.63) is 71.8 Å². The van der Waals surface area contributed by atoms with E-state index < -0.39 is 0 Å². The summed E-state index contributed by atoms with van der Waals surface area (Å²) >= 11 is 7.36. The van der Waals surface area contributed by atoms with E-state index in [0.717, 1.165) is 22.6 Å². The van der Waals surface area contributed by atoms with Crippen molar-refractivity contribution < 1.29 is 4.79 Å². The molecule has 0 aliphatic heterocycles. The molecule has 1 heterocycles. The average molecular weight is 399 g/mol. The molecule has 1 amide bonds. The standard InChI is InChI=1S/C20H19ClN4OS/c1-3-11-25-19(15-7-5-4-6-8-15)23-24-20(25)27-13-18(26)22-16-9-10-17(21)14(2)12-16/h3-10,12H,1,11,13H2,2H3,(H,22,26). The lowest BCUT2D eigenvalue weighted by Gasteiger charge is -2.09. The molecule has 1 aromatic heterocycles. The summed E-state index contributed by atoms with van der Waals surface area (Å²) in [7, 11) is 0. The van der Waals surface area contributed by atoms with Crippen LogP contribution in [0.15, 0.2) is 66.3 Å². The van der Waals surface area contributed by atoms with Crippen molar-refractivity contribution in [1.29, 1.82) is 0 Å². The first-order valence-electron chi connectivity index (χ1n) is 8.37. The normalized spacial score (nSPS) is 10.6. The van der Waals surface area contributed by atoms with Crippen molar-refractivity contribution >= 4 is 35.0 Å². The molecule has 1 N–H and O–H groups in total. The second-order valence-corrected chi connectivity index (χ2v) is 7.22. The highest BCUT2D eigenvalue weighted by Crippen LogP contribution is 2.24. The minimum atomic E-state index is -0.115. The summed E-state index contributed by atoms with van der Waals surface area (Å²) < 4.78 is 1.95. The van der Waals surface area contributed by atoms with E-state index in [1.807, 2.05) is 47.9 Å². The topological polar surface area (TPSA) is 59.8 Å². The fourth-order valence-electron chi connectivity index (χ4n) is 2.54. The van der Waals surface area contributed by atoms with Crippen molar-refractivity contribution in [2.75, 3.05) is 11.1 Å². The number of benzene rings is 2. The summed E-state index contributed by atoms with van der Waals surface area (Å²) in [4.78, 5) is 12.3. The summed E-state index contributed by atoms with van der Waals surface area (Å²) in [6, 6.07) is 15.2. The van der Waals surface area contributed by atoms with E-state index in [1.54, 1.807) is 18.2 Å². The Morgan fingerprint density at radius 1 is 1.26 bits per heavy atom. The molecule has 2 aromatic carbocycles. The molecule has 0 atom stereocenters. The van der Waals surface area contributed by atoms with Gasteiger partial charge in [-0.25, -0.2) is 0 Å². The van der Waals surface area contributed by atoms with Crippen molar-refractivity contribution in [3.63, 3.8) is 0 Å². The molecule has 7 heteroatoms. The van der Waals surface area contributed by atoms with E-state index in [0.29, 0.717) is 16.7 Å². The van der Waals surface area contributed by atoms with Crippen LogP contribution in [0.5, 0.6) is 0 Å². The zero-order valence-corrected chi connectivity index (χ0v) is 16.4. The molecule has 0 saturated heterocycles. The molecule has 0 aliphatic carbocycles. The molecule has 0 radical (unpaired) electrons. The van der Waals surface area contributed by atoms with Crippen molar-refractivity contribution in [3.8, 4) is 11.4 Å². The first-order chi connectivity index (χ1) is 13.1. The van der Waals surface area contributed by atoms with Gasteiger partial charge in [-0.3, -0.25) is 9.36 Å². The number of nitrogens with zero attached hydrogens (tertiary/aromatic N) is 3. The van der Waals surface area contributed by atoms with E-state index in [4.69, 9.17) is 11.6 Å². The van der Waals surface area contributed by atoms with Gasteiger partial charge in [-0.2, -0.15) is 0 Å². The van der Waals surface area contributed by atoms with Gasteiger partial charge < -0.3 is 5.32 Å². The summed E-state index contributed by atoms with van der Waals surface area (Å²) in [5.41, 5.74) is 2.61. The second kappa shape index (κ2) is 8.88. The smallest absolute Gasteiger partial charge is 0.234 e. The number of anilines is 1. The van der Waals surface area contributed by atoms with Crippen LogP contribution in [0.25, 0.3) is 11.4 Å². The number of nitrogens with one attached hydrogen (secondary N) is 1. The van der Waals surface area contributed by atoms with Gasteiger partial charge in [0, 0.05) is 22.8 Å². The Morgan fingerprint density at radius 2 is 2.04 bits per heavy atom. The van der Waals surface area contributed by atoms with Crippen molar-refractivity contribution in [2.45, 2.75) is 18.6 Å². The molecular formula is C20H19ClN4OS. The first kappa shape index (κ1) is 19.2. The van der Waals surface area contributed by atoms with Gasteiger partial charge in [0.1, 0.15) is 0 Å². The largest absolute Gasteiger partial charge is 0.325 e. The Bertz CT molecular complexity index is 956. The maximum atomic E-state index is 12.3. The highest BCUT2D eigenvalue weighted by molar-refractivity contribution is 7.99. The molecule has 27 heavy (non-hydrogen) atoms. The summed E-state index contributed by atoms with van der Waals surface area (Å²) in [6.07, 6.45) is 1.79. The Labute approximate surface area is 167 Å². The molecule has 0 fully saturated rings. The predicted molar refractivity (Wildman–Crippen MR) is 111 cm³/mol. The van der Waals surface area contributed by atoms with E-state index in [1.165, 1.54) is 11.8 Å². The number of aromatic nitrogens is 3. The van der Waals surface area contributed by atoms with Crippen LogP contribution in [0.3, 0.4) is 0 Å². The van der Waals surface area contributed by atoms with Crippen LogP contribution in [-0.2, 0) is 11.3 Å². The Morgan fingerprint density at radius 3 is 2.74 bits per heavy atom. The van der Waals surface area contributed by atoms with Gasteiger partial charge in [0.25, 0.3) is 0 Å². The van der Waals surface area contributed by atoms with Gasteiger partial charge in [0.2, 0.25) is 5.91 Å². The number of thioether (sulfide) groups is 1. The second-order valence-electron chi connectivity index (χ2n) is 5.87. The molecule has 3 aromatic rings. The number of amides is 1. The zero-order chi connectivity index (χ0) is 19.2. The van der Waals surface area contributed by atoms with Crippen LogP contribution in [-0.4, -0.2) is 26.4 Å². The quantitative estimate of drug-likeness (QED) is 0.457. The van der Waals surface area contributed by atoms with Crippen LogP contribution >= 0.6 is 23.4 Å². The highest BCUT2D eigenvalue weighted by Gasteiger charge is 2.15. The third-order valence-corrected chi connectivity index (χ3v) is 5.23. The van der Waals surface area contributed by atoms with E-state index >= 15 is 0 Å². The lowest BCUT2D eigenvalue weighted by atomic mass is 10.2. The van der Waals surface area contributed by atoms with Crippen molar-refractivity contribution in [1.82, 2.24) is 14.8 Å². The average Bonchev–Trinajstić information content (AvgIpc) is 3.07.